The fourth-order valence-corrected chi connectivity index (χ4v) is 5.29. The van der Waals surface area contributed by atoms with Crippen LogP contribution in [0.4, 0.5) is 0 Å². The van der Waals surface area contributed by atoms with Gasteiger partial charge in [0.2, 0.25) is 5.91 Å². The summed E-state index contributed by atoms with van der Waals surface area (Å²) >= 11 is 15.0. The number of halogens is 2. The van der Waals surface area contributed by atoms with E-state index >= 15 is 0 Å². The summed E-state index contributed by atoms with van der Waals surface area (Å²) in [6, 6.07) is 3.38. The van der Waals surface area contributed by atoms with Gasteiger partial charge >= 0.3 is 0 Å². The molecule has 1 aliphatic rings. The first-order valence-corrected chi connectivity index (χ1v) is 9.15. The number of rotatable bonds is 4. The average Bonchev–Trinajstić information content (AvgIpc) is 2.54. The van der Waals surface area contributed by atoms with Gasteiger partial charge in [-0.25, -0.2) is 0 Å². The van der Waals surface area contributed by atoms with Crippen LogP contribution in [0.5, 0.6) is 0 Å². The molecular weight excluding hydrogens is 384 g/mol. The first-order chi connectivity index (χ1) is 10.5. The maximum atomic E-state index is 11.5. The zero-order valence-electron chi connectivity index (χ0n) is 11.1. The number of aliphatic hydroxyl groups is 1. The Hall–Kier alpha value is -0.230. The number of amides is 1. The van der Waals surface area contributed by atoms with Crippen LogP contribution in [0, 0.1) is 0 Å². The number of carbonyl (C=O) groups is 2. The van der Waals surface area contributed by atoms with E-state index in [0.717, 1.165) is 9.79 Å². The summed E-state index contributed by atoms with van der Waals surface area (Å²) in [6.07, 6.45) is 0.592. The topological polar surface area (TPSA) is 66.4 Å². The Morgan fingerprint density at radius 2 is 2.00 bits per heavy atom. The predicted molar refractivity (Wildman–Crippen MR) is 94.6 cm³/mol. The monoisotopic (exact) mass is 395 g/mol. The molecule has 9 heteroatoms. The number of thioether (sulfide) groups is 2. The van der Waals surface area contributed by atoms with Crippen molar-refractivity contribution in [1.82, 2.24) is 5.09 Å². The Bertz CT molecular complexity index is 654. The molecule has 2 atom stereocenters. The second kappa shape index (κ2) is 8.04. The van der Waals surface area contributed by atoms with Gasteiger partial charge in [0.05, 0.1) is 28.3 Å². The molecule has 1 heterocycles. The van der Waals surface area contributed by atoms with Gasteiger partial charge in [0, 0.05) is 20.3 Å². The average molecular weight is 396 g/mol. The normalized spacial score (nSPS) is 19.4. The highest BCUT2D eigenvalue weighted by atomic mass is 35.5. The summed E-state index contributed by atoms with van der Waals surface area (Å²) in [6.45, 7) is -0.172. The molecule has 0 saturated carbocycles. The fraction of sp³-hybridized carbons (Fsp3) is 0.231. The number of nitrogens with one attached hydrogen (secondary N) is 1. The van der Waals surface area contributed by atoms with Crippen molar-refractivity contribution >= 4 is 68.3 Å². The van der Waals surface area contributed by atoms with Gasteiger partial charge in [-0.15, -0.1) is 11.8 Å². The molecule has 0 spiro atoms. The van der Waals surface area contributed by atoms with Gasteiger partial charge in [0.1, 0.15) is 6.29 Å². The molecule has 118 valence electrons. The molecule has 2 N–H and O–H groups in total. The molecule has 0 saturated heterocycles. The van der Waals surface area contributed by atoms with E-state index in [4.69, 9.17) is 23.2 Å². The third-order valence-corrected chi connectivity index (χ3v) is 7.10. The largest absolute Gasteiger partial charge is 0.395 e. The van der Waals surface area contributed by atoms with E-state index in [2.05, 4.69) is 14.5 Å². The van der Waals surface area contributed by atoms with Gasteiger partial charge in [-0.05, 0) is 21.5 Å². The third kappa shape index (κ3) is 3.81. The Balaban J connectivity index is 2.49. The molecule has 1 aliphatic heterocycles. The summed E-state index contributed by atoms with van der Waals surface area (Å²) in [4.78, 5) is 25.1. The van der Waals surface area contributed by atoms with E-state index in [1.54, 1.807) is 12.1 Å². The predicted octanol–water partition coefficient (Wildman–Crippen LogP) is 3.30. The molecule has 1 amide bonds. The molecule has 0 aliphatic carbocycles. The van der Waals surface area contributed by atoms with Gasteiger partial charge in [0.15, 0.2) is 0 Å². The van der Waals surface area contributed by atoms with Crippen molar-refractivity contribution in [2.45, 2.75) is 21.5 Å². The zero-order chi connectivity index (χ0) is 16.3. The summed E-state index contributed by atoms with van der Waals surface area (Å²) in [5.41, 5.74) is 0.332. The smallest absolute Gasteiger partial charge is 0.227 e. The van der Waals surface area contributed by atoms with Gasteiger partial charge < -0.3 is 10.2 Å². The Labute approximate surface area is 148 Å². The number of benzene rings is 1. The molecule has 1 aromatic carbocycles. The van der Waals surface area contributed by atoms with Crippen molar-refractivity contribution < 1.29 is 14.7 Å². The minimum atomic E-state index is -0.356. The van der Waals surface area contributed by atoms with Crippen molar-refractivity contribution in [3.8, 4) is 0 Å². The van der Waals surface area contributed by atoms with Crippen molar-refractivity contribution in [2.24, 2.45) is 0 Å². The number of carbonyl (C=O) groups excluding carboxylic acids is 2. The van der Waals surface area contributed by atoms with Crippen LogP contribution >= 0.6 is 56.1 Å². The summed E-state index contributed by atoms with van der Waals surface area (Å²) in [5.74, 6) is -0.301. The van der Waals surface area contributed by atoms with Gasteiger partial charge in [-0.1, -0.05) is 35.0 Å². The molecule has 0 aromatic heterocycles. The number of hydrogen-bond acceptors (Lipinski definition) is 5. The lowest BCUT2D eigenvalue weighted by Crippen LogP contribution is -2.19. The molecule has 0 radical (unpaired) electrons. The zero-order valence-corrected chi connectivity index (χ0v) is 15.4. The third-order valence-electron chi connectivity index (χ3n) is 2.92. The SMILES string of the molecule is O=C/C(CC(=O)NP)=C1\Sc2c(Cl)ccc(Cl)c2SC1CO. The van der Waals surface area contributed by atoms with Crippen molar-refractivity contribution in [1.29, 1.82) is 0 Å². The lowest BCUT2D eigenvalue weighted by atomic mass is 10.1. The highest BCUT2D eigenvalue weighted by Crippen LogP contribution is 2.53. The minimum absolute atomic E-state index is 0.0556. The van der Waals surface area contributed by atoms with Crippen LogP contribution in [0.3, 0.4) is 0 Å². The van der Waals surface area contributed by atoms with Gasteiger partial charge in [-0.3, -0.25) is 9.59 Å². The first kappa shape index (κ1) is 18.1. The number of hydrogen-bond donors (Lipinski definition) is 2. The lowest BCUT2D eigenvalue weighted by Gasteiger charge is -2.27. The lowest BCUT2D eigenvalue weighted by molar-refractivity contribution is -0.119. The van der Waals surface area contributed by atoms with Crippen LogP contribution in [0.25, 0.3) is 0 Å². The highest BCUT2D eigenvalue weighted by molar-refractivity contribution is 8.09. The van der Waals surface area contributed by atoms with Crippen LogP contribution in [0.1, 0.15) is 6.42 Å². The standard InChI is InChI=1S/C13H12Cl2NO3PS2/c14-7-1-2-8(15)13-12(7)21-9(5-18)11(22-13)6(4-17)3-10(19)16-20/h1-2,4,9,18H,3,5,20H2,(H,16,19)/b11-6-. The summed E-state index contributed by atoms with van der Waals surface area (Å²) in [7, 11) is 2.10. The maximum absolute atomic E-state index is 11.5. The van der Waals surface area contributed by atoms with Crippen molar-refractivity contribution in [3.63, 3.8) is 0 Å². The van der Waals surface area contributed by atoms with Gasteiger partial charge in [-0.2, -0.15) is 0 Å². The Morgan fingerprint density at radius 3 is 2.55 bits per heavy atom. The van der Waals surface area contributed by atoms with E-state index in [1.165, 1.54) is 23.5 Å². The van der Waals surface area contributed by atoms with Crippen molar-refractivity contribution in [2.75, 3.05) is 6.61 Å². The van der Waals surface area contributed by atoms with Crippen LogP contribution in [-0.2, 0) is 9.59 Å². The van der Waals surface area contributed by atoms with Crippen LogP contribution in [-0.4, -0.2) is 29.2 Å². The van der Waals surface area contributed by atoms with Crippen LogP contribution in [0.15, 0.2) is 32.4 Å². The van der Waals surface area contributed by atoms with E-state index in [1.807, 2.05) is 0 Å². The van der Waals surface area contributed by atoms with Crippen molar-refractivity contribution in [3.05, 3.63) is 32.7 Å². The van der Waals surface area contributed by atoms with E-state index in [9.17, 15) is 14.7 Å². The molecule has 2 rings (SSSR count). The van der Waals surface area contributed by atoms with E-state index in [-0.39, 0.29) is 24.2 Å². The van der Waals surface area contributed by atoms with Gasteiger partial charge in [0.25, 0.3) is 0 Å². The fourth-order valence-electron chi connectivity index (χ4n) is 1.89. The Kier molecular flexibility index (Phi) is 6.62. The van der Waals surface area contributed by atoms with E-state index in [0.29, 0.717) is 26.8 Å². The number of aldehydes is 1. The molecule has 1 aromatic rings. The Morgan fingerprint density at radius 1 is 1.36 bits per heavy atom. The first-order valence-electron chi connectivity index (χ1n) is 6.12. The molecule has 22 heavy (non-hydrogen) atoms. The molecule has 2 unspecified atom stereocenters. The summed E-state index contributed by atoms with van der Waals surface area (Å²) in [5, 5.41) is 12.7. The highest BCUT2D eigenvalue weighted by Gasteiger charge is 2.30. The number of fused-ring (bicyclic) bond motifs is 1. The summed E-state index contributed by atoms with van der Waals surface area (Å²) < 4.78 is 0. The second-order valence-electron chi connectivity index (χ2n) is 4.33. The molecule has 4 nitrogen and oxygen atoms in total. The van der Waals surface area contributed by atoms with Crippen LogP contribution < -0.4 is 5.09 Å². The number of aliphatic hydroxyl groups excluding tert-OH is 1. The second-order valence-corrected chi connectivity index (χ2v) is 7.70. The van der Waals surface area contributed by atoms with Crippen LogP contribution in [0.2, 0.25) is 10.0 Å². The molecule has 0 bridgehead atoms. The minimum Gasteiger partial charge on any atom is -0.395 e. The quantitative estimate of drug-likeness (QED) is 0.465. The van der Waals surface area contributed by atoms with E-state index < -0.39 is 0 Å². The molecular formula is C13H12Cl2NO3PS2. The maximum Gasteiger partial charge on any atom is 0.227 e. The molecule has 0 fully saturated rings.